The Morgan fingerprint density at radius 3 is 2.86 bits per heavy atom. The number of aromatic nitrogens is 2. The van der Waals surface area contributed by atoms with Gasteiger partial charge in [-0.05, 0) is 12.1 Å². The monoisotopic (exact) mass is 299 g/mol. The van der Waals surface area contributed by atoms with Gasteiger partial charge in [0.25, 0.3) is 0 Å². The van der Waals surface area contributed by atoms with Crippen molar-refractivity contribution < 1.29 is 22.6 Å². The number of nitrogens with zero attached hydrogens (tertiary/aromatic N) is 2. The summed E-state index contributed by atoms with van der Waals surface area (Å²) in [5, 5.41) is 3.73. The van der Waals surface area contributed by atoms with Crippen LogP contribution >= 0.6 is 0 Å². The third-order valence-corrected chi connectivity index (χ3v) is 3.10. The highest BCUT2D eigenvalue weighted by molar-refractivity contribution is 5.53. The molecule has 0 radical (unpaired) electrons. The van der Waals surface area contributed by atoms with Crippen molar-refractivity contribution >= 4 is 5.69 Å². The molecule has 0 spiro atoms. The molecule has 2 heterocycles. The van der Waals surface area contributed by atoms with E-state index in [2.05, 4.69) is 5.10 Å². The van der Waals surface area contributed by atoms with Crippen LogP contribution in [0.3, 0.4) is 0 Å². The van der Waals surface area contributed by atoms with Crippen LogP contribution in [-0.2, 0) is 24.1 Å². The van der Waals surface area contributed by atoms with Crippen molar-refractivity contribution in [2.45, 2.75) is 19.3 Å². The molecule has 1 aromatic carbocycles. The second-order valence-corrected chi connectivity index (χ2v) is 4.70. The fourth-order valence-electron chi connectivity index (χ4n) is 2.21. The van der Waals surface area contributed by atoms with Crippen LogP contribution in [0.2, 0.25) is 0 Å². The van der Waals surface area contributed by atoms with Crippen molar-refractivity contribution in [3.8, 4) is 5.75 Å². The molecule has 0 unspecified atom stereocenters. The largest absolute Gasteiger partial charge is 0.467 e. The van der Waals surface area contributed by atoms with Crippen LogP contribution in [0.4, 0.5) is 18.9 Å². The van der Waals surface area contributed by atoms with E-state index < -0.39 is 11.7 Å². The summed E-state index contributed by atoms with van der Waals surface area (Å²) in [6.45, 7) is 0.612. The minimum Gasteiger partial charge on any atom is -0.467 e. The van der Waals surface area contributed by atoms with Crippen molar-refractivity contribution in [3.05, 3.63) is 41.2 Å². The van der Waals surface area contributed by atoms with E-state index in [1.165, 1.54) is 4.68 Å². The van der Waals surface area contributed by atoms with Crippen LogP contribution < -0.4 is 10.5 Å². The van der Waals surface area contributed by atoms with Crippen molar-refractivity contribution in [3.63, 3.8) is 0 Å². The van der Waals surface area contributed by atoms with Crippen molar-refractivity contribution in [2.75, 3.05) is 12.5 Å². The summed E-state index contributed by atoms with van der Waals surface area (Å²) < 4.78 is 49.5. The minimum atomic E-state index is -4.41. The Morgan fingerprint density at radius 1 is 1.33 bits per heavy atom. The second kappa shape index (κ2) is 4.96. The molecule has 21 heavy (non-hydrogen) atoms. The molecule has 1 aromatic heterocycles. The molecule has 0 aliphatic carbocycles. The predicted molar refractivity (Wildman–Crippen MR) is 67.5 cm³/mol. The summed E-state index contributed by atoms with van der Waals surface area (Å²) in [6, 6.07) is 3.39. The maximum atomic E-state index is 12.6. The number of benzene rings is 1. The third-order valence-electron chi connectivity index (χ3n) is 3.10. The number of hydrogen-bond donors (Lipinski definition) is 1. The fraction of sp³-hybridized carbons (Fsp3) is 0.308. The summed E-state index contributed by atoms with van der Waals surface area (Å²) in [4.78, 5) is 0. The number of rotatable bonds is 2. The van der Waals surface area contributed by atoms with Crippen LogP contribution in [0, 0.1) is 0 Å². The average Bonchev–Trinajstić information content (AvgIpc) is 2.87. The number of anilines is 1. The lowest BCUT2D eigenvalue weighted by Gasteiger charge is -2.21. The molecule has 2 aromatic rings. The highest BCUT2D eigenvalue weighted by atomic mass is 19.4. The molecule has 0 amide bonds. The molecule has 0 bridgehead atoms. The van der Waals surface area contributed by atoms with Crippen molar-refractivity contribution in [1.82, 2.24) is 9.78 Å². The quantitative estimate of drug-likeness (QED) is 0.865. The van der Waals surface area contributed by atoms with Gasteiger partial charge in [-0.25, -0.2) is 0 Å². The number of ether oxygens (including phenoxy) is 2. The SMILES string of the molecule is Nc1cc2c(c(Cn3cc(C(F)(F)F)cn3)c1)OCOC2. The summed E-state index contributed by atoms with van der Waals surface area (Å²) >= 11 is 0. The van der Waals surface area contributed by atoms with Gasteiger partial charge in [0.1, 0.15) is 5.75 Å². The Morgan fingerprint density at radius 2 is 2.14 bits per heavy atom. The average molecular weight is 299 g/mol. The van der Waals surface area contributed by atoms with E-state index >= 15 is 0 Å². The van der Waals surface area contributed by atoms with Gasteiger partial charge >= 0.3 is 6.18 Å². The Bertz CT molecular complexity index is 667. The van der Waals surface area contributed by atoms with Gasteiger partial charge in [0.15, 0.2) is 6.79 Å². The van der Waals surface area contributed by atoms with E-state index in [-0.39, 0.29) is 13.3 Å². The highest BCUT2D eigenvalue weighted by Crippen LogP contribution is 2.32. The summed E-state index contributed by atoms with van der Waals surface area (Å²) in [7, 11) is 0. The number of hydrogen-bond acceptors (Lipinski definition) is 4. The highest BCUT2D eigenvalue weighted by Gasteiger charge is 2.32. The lowest BCUT2D eigenvalue weighted by atomic mass is 10.1. The smallest absolute Gasteiger partial charge is 0.419 e. The first kappa shape index (κ1) is 13.7. The molecule has 1 aliphatic rings. The van der Waals surface area contributed by atoms with Gasteiger partial charge in [0, 0.05) is 23.0 Å². The maximum Gasteiger partial charge on any atom is 0.419 e. The third kappa shape index (κ3) is 2.80. The number of halogens is 3. The van der Waals surface area contributed by atoms with Gasteiger partial charge in [-0.3, -0.25) is 4.68 Å². The van der Waals surface area contributed by atoms with E-state index in [1.54, 1.807) is 12.1 Å². The van der Waals surface area contributed by atoms with E-state index in [4.69, 9.17) is 15.2 Å². The van der Waals surface area contributed by atoms with Gasteiger partial charge in [-0.2, -0.15) is 18.3 Å². The molecule has 2 N–H and O–H groups in total. The molecule has 0 saturated carbocycles. The van der Waals surface area contributed by atoms with Crippen LogP contribution in [0.5, 0.6) is 5.75 Å². The number of alkyl halides is 3. The van der Waals surface area contributed by atoms with E-state index in [0.717, 1.165) is 18.0 Å². The van der Waals surface area contributed by atoms with Gasteiger partial charge < -0.3 is 15.2 Å². The Labute approximate surface area is 118 Å². The van der Waals surface area contributed by atoms with E-state index in [9.17, 15) is 13.2 Å². The fourth-order valence-corrected chi connectivity index (χ4v) is 2.21. The molecular weight excluding hydrogens is 287 g/mol. The molecule has 1 aliphatic heterocycles. The second-order valence-electron chi connectivity index (χ2n) is 4.70. The number of nitrogens with two attached hydrogens (primary N) is 1. The van der Waals surface area contributed by atoms with Gasteiger partial charge in [-0.15, -0.1) is 0 Å². The molecule has 0 saturated heterocycles. The Balaban J connectivity index is 1.91. The Kier molecular flexibility index (Phi) is 3.25. The maximum absolute atomic E-state index is 12.6. The van der Waals surface area contributed by atoms with E-state index in [0.29, 0.717) is 23.6 Å². The zero-order valence-electron chi connectivity index (χ0n) is 10.9. The Hall–Kier alpha value is -2.22. The van der Waals surface area contributed by atoms with Crippen molar-refractivity contribution in [1.29, 1.82) is 0 Å². The topological polar surface area (TPSA) is 62.3 Å². The standard InChI is InChI=1S/C13H12F3N3O2/c14-13(15,16)10-3-18-19(5-10)4-8-1-11(17)2-9-6-20-7-21-12(8)9/h1-3,5H,4,6-7,17H2. The van der Waals surface area contributed by atoms with Crippen LogP contribution in [-0.4, -0.2) is 16.6 Å². The zero-order chi connectivity index (χ0) is 15.0. The summed E-state index contributed by atoms with van der Waals surface area (Å²) in [5.41, 5.74) is 6.95. The molecular formula is C13H12F3N3O2. The minimum absolute atomic E-state index is 0.108. The number of fused-ring (bicyclic) bond motifs is 1. The van der Waals surface area contributed by atoms with Gasteiger partial charge in [-0.1, -0.05) is 0 Å². The molecule has 8 heteroatoms. The van der Waals surface area contributed by atoms with Crippen molar-refractivity contribution in [2.24, 2.45) is 0 Å². The summed E-state index contributed by atoms with van der Waals surface area (Å²) in [6.07, 6.45) is -2.66. The van der Waals surface area contributed by atoms with Gasteiger partial charge in [0.2, 0.25) is 0 Å². The number of nitrogen functional groups attached to an aromatic ring is 1. The summed E-state index contributed by atoms with van der Waals surface area (Å²) in [5.74, 6) is 0.597. The lowest BCUT2D eigenvalue weighted by Crippen LogP contribution is -2.15. The molecule has 5 nitrogen and oxygen atoms in total. The van der Waals surface area contributed by atoms with Crippen LogP contribution in [0.1, 0.15) is 16.7 Å². The first-order chi connectivity index (χ1) is 9.93. The molecule has 112 valence electrons. The zero-order valence-corrected chi connectivity index (χ0v) is 10.9. The molecule has 0 atom stereocenters. The first-order valence-corrected chi connectivity index (χ1v) is 6.15. The predicted octanol–water partition coefficient (Wildman–Crippen LogP) is 2.40. The molecule has 0 fully saturated rings. The van der Waals surface area contributed by atoms with Crippen LogP contribution in [0.25, 0.3) is 0 Å². The van der Waals surface area contributed by atoms with Gasteiger partial charge in [0.05, 0.1) is 24.9 Å². The molecule has 3 rings (SSSR count). The first-order valence-electron chi connectivity index (χ1n) is 6.15. The normalized spacial score (nSPS) is 14.6. The van der Waals surface area contributed by atoms with E-state index in [1.807, 2.05) is 0 Å². The lowest BCUT2D eigenvalue weighted by molar-refractivity contribution is -0.137. The van der Waals surface area contributed by atoms with Crippen LogP contribution in [0.15, 0.2) is 24.5 Å².